The fraction of sp³-hybridized carbons (Fsp3) is 0.100. The molecule has 0 aliphatic carbocycles. The molecule has 10 heteroatoms. The maximum atomic E-state index is 11.1. The Kier molecular flexibility index (Phi) is 10.8. The Morgan fingerprint density at radius 3 is 1.12 bits per heavy atom. The van der Waals surface area contributed by atoms with Gasteiger partial charge in [0.25, 0.3) is 0 Å². The van der Waals surface area contributed by atoms with Gasteiger partial charge < -0.3 is 9.68 Å². The molecule has 0 saturated heterocycles. The third kappa shape index (κ3) is 8.71. The fourth-order valence-electron chi connectivity index (χ4n) is 4.94. The van der Waals surface area contributed by atoms with Crippen molar-refractivity contribution in [1.29, 1.82) is 0 Å². The molecule has 6 aromatic rings. The van der Waals surface area contributed by atoms with Crippen LogP contribution in [-0.2, 0) is 19.3 Å². The van der Waals surface area contributed by atoms with E-state index in [4.69, 9.17) is 19.6 Å². The Labute approximate surface area is 298 Å². The van der Waals surface area contributed by atoms with Crippen LogP contribution in [0.4, 0.5) is 0 Å². The number of hydrogen-bond acceptors (Lipinski definition) is 10. The number of benzene rings is 5. The maximum absolute atomic E-state index is 11.1. The van der Waals surface area contributed by atoms with Gasteiger partial charge in [-0.05, 0) is 85.6 Å². The van der Waals surface area contributed by atoms with Crippen molar-refractivity contribution < 1.29 is 19.3 Å². The molecule has 248 valence electrons. The van der Waals surface area contributed by atoms with E-state index in [2.05, 4.69) is 58.8 Å². The molecule has 5 aromatic carbocycles. The van der Waals surface area contributed by atoms with Crippen molar-refractivity contribution in [3.05, 3.63) is 132 Å². The number of oxime groups is 2. The Bertz CT molecular complexity index is 2060. The van der Waals surface area contributed by atoms with Crippen LogP contribution in [0.1, 0.15) is 38.8 Å². The van der Waals surface area contributed by atoms with Crippen molar-refractivity contribution in [3.63, 3.8) is 0 Å². The summed E-state index contributed by atoms with van der Waals surface area (Å²) in [4.78, 5) is 46.1. The molecule has 1 aromatic heterocycles. The summed E-state index contributed by atoms with van der Waals surface area (Å²) in [5.41, 5.74) is 8.27. The fourth-order valence-corrected chi connectivity index (χ4v) is 6.57. The molecule has 0 amide bonds. The number of rotatable bonds is 10. The van der Waals surface area contributed by atoms with E-state index in [-0.39, 0.29) is 0 Å². The normalized spacial score (nSPS) is 11.8. The van der Waals surface area contributed by atoms with Crippen molar-refractivity contribution in [2.24, 2.45) is 10.3 Å². The van der Waals surface area contributed by atoms with E-state index in [1.54, 1.807) is 37.4 Å². The summed E-state index contributed by atoms with van der Waals surface area (Å²) in [6.45, 7) is 6.25. The highest BCUT2D eigenvalue weighted by Crippen LogP contribution is 2.36. The molecular formula is C40H32N4O4S2. The number of para-hydroxylation sites is 2. The van der Waals surface area contributed by atoms with E-state index < -0.39 is 11.9 Å². The third-order valence-corrected chi connectivity index (χ3v) is 9.50. The van der Waals surface area contributed by atoms with Crippen molar-refractivity contribution in [1.82, 2.24) is 9.97 Å². The summed E-state index contributed by atoms with van der Waals surface area (Å²) in [7, 11) is 0. The highest BCUT2D eigenvalue weighted by molar-refractivity contribution is 7.99. The first-order valence-corrected chi connectivity index (χ1v) is 17.3. The molecule has 0 atom stereocenters. The first-order chi connectivity index (χ1) is 24.2. The van der Waals surface area contributed by atoms with Crippen molar-refractivity contribution >= 4 is 57.9 Å². The zero-order chi connectivity index (χ0) is 35.0. The van der Waals surface area contributed by atoms with Crippen molar-refractivity contribution in [2.75, 3.05) is 0 Å². The van der Waals surface area contributed by atoms with E-state index in [9.17, 15) is 9.59 Å². The van der Waals surface area contributed by atoms with Crippen LogP contribution in [-0.4, -0.2) is 33.3 Å². The van der Waals surface area contributed by atoms with Crippen molar-refractivity contribution in [3.8, 4) is 22.5 Å². The Morgan fingerprint density at radius 2 is 0.800 bits per heavy atom. The first-order valence-electron chi connectivity index (χ1n) is 15.7. The number of fused-ring (bicyclic) bond motifs is 1. The lowest BCUT2D eigenvalue weighted by Crippen LogP contribution is -1.99. The van der Waals surface area contributed by atoms with Gasteiger partial charge in [0.05, 0.1) is 33.8 Å². The molecule has 0 bridgehead atoms. The third-order valence-electron chi connectivity index (χ3n) is 7.46. The maximum Gasteiger partial charge on any atom is 0.331 e. The van der Waals surface area contributed by atoms with Crippen LogP contribution in [0.2, 0.25) is 0 Å². The lowest BCUT2D eigenvalue weighted by atomic mass is 10.0. The zero-order valence-electron chi connectivity index (χ0n) is 27.8. The molecule has 0 radical (unpaired) electrons. The summed E-state index contributed by atoms with van der Waals surface area (Å²) in [6, 6.07) is 40.6. The van der Waals surface area contributed by atoms with Gasteiger partial charge in [0.1, 0.15) is 0 Å². The van der Waals surface area contributed by atoms with Gasteiger partial charge in [-0.2, -0.15) is 0 Å². The molecule has 0 aliphatic rings. The molecule has 0 N–H and O–H groups in total. The SMILES string of the molecule is CC(=O)O/N=C(\C)c1ccc(Sc2ccc(-c3nc4ccccc4nc3-c3ccc(Sc4ccc(/C(C)=N/OC(C)=O)cc4)cc3)cc2)cc1. The van der Waals surface area contributed by atoms with Crippen LogP contribution < -0.4 is 0 Å². The number of nitrogens with zero attached hydrogens (tertiary/aromatic N) is 4. The molecule has 1 heterocycles. The second-order valence-corrected chi connectivity index (χ2v) is 13.5. The Balaban J connectivity index is 1.20. The minimum Gasteiger partial charge on any atom is -0.318 e. The average Bonchev–Trinajstić information content (AvgIpc) is 3.13. The number of hydrogen-bond donors (Lipinski definition) is 0. The predicted octanol–water partition coefficient (Wildman–Crippen LogP) is 9.84. The molecule has 0 saturated carbocycles. The summed E-state index contributed by atoms with van der Waals surface area (Å²) in [5, 5.41) is 7.73. The van der Waals surface area contributed by atoms with E-state index in [1.807, 2.05) is 72.8 Å². The Hall–Kier alpha value is -5.58. The lowest BCUT2D eigenvalue weighted by Gasteiger charge is -2.12. The molecular weight excluding hydrogens is 665 g/mol. The summed E-state index contributed by atoms with van der Waals surface area (Å²) < 4.78 is 0. The van der Waals surface area contributed by atoms with E-state index in [0.717, 1.165) is 64.3 Å². The molecule has 0 unspecified atom stereocenters. The average molecular weight is 697 g/mol. The number of carbonyl (C=O) groups is 2. The lowest BCUT2D eigenvalue weighted by molar-refractivity contribution is -0.141. The Morgan fingerprint density at radius 1 is 0.480 bits per heavy atom. The summed E-state index contributed by atoms with van der Waals surface area (Å²) in [6.07, 6.45) is 0. The molecule has 8 nitrogen and oxygen atoms in total. The van der Waals surface area contributed by atoms with E-state index >= 15 is 0 Å². The molecule has 0 spiro atoms. The highest BCUT2D eigenvalue weighted by Gasteiger charge is 2.14. The van der Waals surface area contributed by atoms with Gasteiger partial charge in [0.2, 0.25) is 0 Å². The second kappa shape index (κ2) is 15.8. The molecule has 6 rings (SSSR count). The van der Waals surface area contributed by atoms with Crippen LogP contribution in [0.15, 0.2) is 151 Å². The zero-order valence-corrected chi connectivity index (χ0v) is 29.4. The van der Waals surface area contributed by atoms with E-state index in [1.165, 1.54) is 13.8 Å². The second-order valence-electron chi connectivity index (χ2n) is 11.2. The van der Waals surface area contributed by atoms with Crippen LogP contribution >= 0.6 is 23.5 Å². The van der Waals surface area contributed by atoms with Gasteiger partial charge in [-0.25, -0.2) is 19.6 Å². The van der Waals surface area contributed by atoms with Gasteiger partial charge in [0.15, 0.2) is 0 Å². The molecule has 0 fully saturated rings. The number of carbonyl (C=O) groups excluding carboxylic acids is 2. The van der Waals surface area contributed by atoms with Crippen LogP contribution in [0, 0.1) is 0 Å². The van der Waals surface area contributed by atoms with Gasteiger partial charge in [-0.3, -0.25) is 0 Å². The quantitative estimate of drug-likeness (QED) is 0.0792. The minimum absolute atomic E-state index is 0.449. The van der Waals surface area contributed by atoms with Gasteiger partial charge >= 0.3 is 11.9 Å². The number of aromatic nitrogens is 2. The summed E-state index contributed by atoms with van der Waals surface area (Å²) in [5.74, 6) is -0.897. The monoisotopic (exact) mass is 696 g/mol. The van der Waals surface area contributed by atoms with Crippen LogP contribution in [0.5, 0.6) is 0 Å². The predicted molar refractivity (Wildman–Crippen MR) is 199 cm³/mol. The topological polar surface area (TPSA) is 103 Å². The smallest absolute Gasteiger partial charge is 0.318 e. The van der Waals surface area contributed by atoms with Gasteiger partial charge in [-0.1, -0.05) is 94.5 Å². The minimum atomic E-state index is -0.449. The molecule has 50 heavy (non-hydrogen) atoms. The highest BCUT2D eigenvalue weighted by atomic mass is 32.2. The first kappa shape index (κ1) is 34.3. The van der Waals surface area contributed by atoms with Crippen molar-refractivity contribution in [2.45, 2.75) is 47.3 Å². The van der Waals surface area contributed by atoms with Gasteiger partial charge in [-0.15, -0.1) is 0 Å². The summed E-state index contributed by atoms with van der Waals surface area (Å²) >= 11 is 3.31. The largest absolute Gasteiger partial charge is 0.331 e. The van der Waals surface area contributed by atoms with E-state index in [0.29, 0.717) is 11.4 Å². The van der Waals surface area contributed by atoms with Gasteiger partial charge in [0, 0.05) is 44.6 Å². The standard InChI is InChI=1S/C40H32N4O4S2/c1-25(43-47-27(3)45)29-9-17-33(18-10-29)49-35-21-13-31(14-22-35)39-40(42-38-8-6-5-7-37(38)41-39)32-15-23-36(24-16-32)50-34-19-11-30(12-20-34)26(2)44-48-28(4)46/h5-24H,1-4H3/b43-25+,44-26+. The molecule has 0 aliphatic heterocycles. The van der Waals surface area contributed by atoms with Crippen LogP contribution in [0.25, 0.3) is 33.5 Å². The van der Waals surface area contributed by atoms with Crippen LogP contribution in [0.3, 0.4) is 0 Å².